The molecular weight excluding hydrogens is 1400 g/mol. The molecule has 0 unspecified atom stereocenters. The van der Waals surface area contributed by atoms with E-state index >= 15 is 0 Å². The van der Waals surface area contributed by atoms with Crippen LogP contribution in [0.4, 0.5) is 0 Å². The molecule has 116 heavy (non-hydrogen) atoms. The first-order chi connectivity index (χ1) is 57.5. The first-order valence-corrected chi connectivity index (χ1v) is 40.5. The highest BCUT2D eigenvalue weighted by Crippen LogP contribution is 2.70. The van der Waals surface area contributed by atoms with Crippen molar-refractivity contribution >= 4 is 43.5 Å². The highest BCUT2D eigenvalue weighted by Gasteiger charge is 2.61. The Morgan fingerprint density at radius 2 is 0.509 bits per heavy atom. The molecule has 0 amide bonds. The number of aromatic nitrogens is 3. The molecule has 6 aliphatic rings. The molecule has 0 radical (unpaired) electrons. The molecule has 26 rings (SSSR count). The summed E-state index contributed by atoms with van der Waals surface area (Å²) in [6, 6.07) is 152. The predicted octanol–water partition coefficient (Wildman–Crippen LogP) is 26.9. The number of pyridine rings is 3. The zero-order valence-corrected chi connectivity index (χ0v) is 63.0. The zero-order valence-electron chi connectivity index (χ0n) is 63.0. The van der Waals surface area contributed by atoms with Gasteiger partial charge < -0.3 is 0 Å². The van der Waals surface area contributed by atoms with Gasteiger partial charge in [-0.3, -0.25) is 4.98 Å². The van der Waals surface area contributed by atoms with Crippen LogP contribution in [0.1, 0.15) is 89.0 Å². The van der Waals surface area contributed by atoms with Gasteiger partial charge in [0.1, 0.15) is 0 Å². The van der Waals surface area contributed by atoms with Crippen LogP contribution in [0.5, 0.6) is 0 Å². The highest BCUT2D eigenvalue weighted by atomic mass is 14.8. The van der Waals surface area contributed by atoms with Crippen LogP contribution in [0.2, 0.25) is 0 Å². The van der Waals surface area contributed by atoms with Crippen molar-refractivity contribution in [1.29, 1.82) is 0 Å². The van der Waals surface area contributed by atoms with Gasteiger partial charge in [0.25, 0.3) is 0 Å². The molecule has 3 heterocycles. The zero-order chi connectivity index (χ0) is 75.7. The van der Waals surface area contributed by atoms with Crippen molar-refractivity contribution in [2.75, 3.05) is 0 Å². The third-order valence-electron chi connectivity index (χ3n) is 27.5. The van der Waals surface area contributed by atoms with E-state index in [1.54, 1.807) is 0 Å². The fourth-order valence-electron chi connectivity index (χ4n) is 23.0. The van der Waals surface area contributed by atoms with Crippen LogP contribution < -0.4 is 0 Å². The molecular formula is C113H67N3. The van der Waals surface area contributed by atoms with Gasteiger partial charge in [0.05, 0.1) is 49.6 Å². The van der Waals surface area contributed by atoms with Crippen LogP contribution in [0.25, 0.3) is 144 Å². The smallest absolute Gasteiger partial charge is 0.0978 e. The van der Waals surface area contributed by atoms with Gasteiger partial charge in [-0.15, -0.1) is 0 Å². The van der Waals surface area contributed by atoms with Gasteiger partial charge >= 0.3 is 0 Å². The lowest BCUT2D eigenvalue weighted by atomic mass is 9.52. The summed E-state index contributed by atoms with van der Waals surface area (Å²) < 4.78 is 0. The first-order valence-electron chi connectivity index (χ1n) is 40.5. The molecule has 3 nitrogen and oxygen atoms in total. The van der Waals surface area contributed by atoms with E-state index in [0.717, 1.165) is 93.8 Å². The summed E-state index contributed by atoms with van der Waals surface area (Å²) in [4.78, 5) is 16.3. The molecule has 4 spiro atoms. The normalized spacial score (nSPS) is 14.7. The molecule has 6 aliphatic carbocycles. The molecule has 0 N–H and O–H groups in total. The van der Waals surface area contributed by atoms with Crippen molar-refractivity contribution < 1.29 is 0 Å². The Morgan fingerprint density at radius 1 is 0.155 bits per heavy atom. The van der Waals surface area contributed by atoms with Gasteiger partial charge in [-0.2, -0.15) is 0 Å². The summed E-state index contributed by atoms with van der Waals surface area (Å²) in [5.41, 5.74) is 42.8. The lowest BCUT2D eigenvalue weighted by molar-refractivity contribution is 0.633. The SMILES string of the molecule is c1cc(-c2ccc3c(c2)C2(c4ccccc4-3)c3ccccc3C3(c4ccccc4-c4ccccc43)c3ccccc32)cc(-c2ccc3ccc4cc(-c5cc(-c6ccc(-c7ccc8c(c7)C7(c9ccccc9-c9ccccc97)c7ccccc7C87c8ccccc8-c8ccccc87)cc6)nc6c5ccc5cccnc56)ccc4c3n2)c1. The summed E-state index contributed by atoms with van der Waals surface area (Å²) in [7, 11) is 0. The molecule has 3 aromatic heterocycles. The number of hydrogen-bond donors (Lipinski definition) is 0. The Kier molecular flexibility index (Phi) is 12.9. The topological polar surface area (TPSA) is 38.7 Å². The van der Waals surface area contributed by atoms with Crippen molar-refractivity contribution in [3.05, 3.63) is 496 Å². The average Bonchev–Trinajstić information content (AvgIpc) is 1.46. The number of benzene rings is 17. The van der Waals surface area contributed by atoms with Crippen molar-refractivity contribution in [2.45, 2.75) is 21.7 Å². The Labute approximate surface area is 671 Å². The molecule has 0 fully saturated rings. The lowest BCUT2D eigenvalue weighted by Crippen LogP contribution is -2.43. The fourth-order valence-corrected chi connectivity index (χ4v) is 23.0. The number of rotatable bonds is 5. The second-order valence-corrected chi connectivity index (χ2v) is 32.5. The Hall–Kier alpha value is -14.8. The van der Waals surface area contributed by atoms with E-state index in [2.05, 4.69) is 394 Å². The minimum absolute atomic E-state index is 0.506. The molecule has 0 aliphatic heterocycles. The summed E-state index contributed by atoms with van der Waals surface area (Å²) >= 11 is 0. The molecule has 20 aromatic rings. The number of fused-ring (bicyclic) bond motifs is 38. The van der Waals surface area contributed by atoms with Gasteiger partial charge in [0.2, 0.25) is 0 Å². The summed E-state index contributed by atoms with van der Waals surface area (Å²) in [6.45, 7) is 0. The predicted molar refractivity (Wildman–Crippen MR) is 473 cm³/mol. The van der Waals surface area contributed by atoms with Gasteiger partial charge in [-0.25, -0.2) is 9.97 Å². The van der Waals surface area contributed by atoms with Crippen molar-refractivity contribution in [3.8, 4) is 100 Å². The quantitative estimate of drug-likeness (QED) is 0.161. The minimum Gasteiger partial charge on any atom is -0.254 e. The van der Waals surface area contributed by atoms with Gasteiger partial charge in [-0.05, 0) is 215 Å². The fraction of sp³-hybridized carbons (Fsp3) is 0.0354. The first kappa shape index (κ1) is 63.8. The third-order valence-corrected chi connectivity index (χ3v) is 27.5. The van der Waals surface area contributed by atoms with E-state index in [0.29, 0.717) is 0 Å². The maximum atomic E-state index is 5.63. The molecule has 3 heteroatoms. The summed E-state index contributed by atoms with van der Waals surface area (Å²) in [5, 5.41) is 5.40. The Morgan fingerprint density at radius 3 is 1.03 bits per heavy atom. The van der Waals surface area contributed by atoms with Gasteiger partial charge in [0, 0.05) is 38.9 Å². The Balaban J connectivity index is 0.576. The molecule has 0 saturated carbocycles. The van der Waals surface area contributed by atoms with E-state index in [4.69, 9.17) is 15.0 Å². The van der Waals surface area contributed by atoms with Gasteiger partial charge in [-0.1, -0.05) is 358 Å². The second-order valence-electron chi connectivity index (χ2n) is 32.5. The second kappa shape index (κ2) is 23.4. The van der Waals surface area contributed by atoms with E-state index in [1.165, 1.54) is 139 Å². The molecule has 0 atom stereocenters. The third kappa shape index (κ3) is 8.08. The van der Waals surface area contributed by atoms with Crippen LogP contribution in [0.15, 0.2) is 407 Å². The molecule has 534 valence electrons. The van der Waals surface area contributed by atoms with Crippen LogP contribution in [-0.4, -0.2) is 15.0 Å². The lowest BCUT2D eigenvalue weighted by Gasteiger charge is -2.49. The minimum atomic E-state index is -0.594. The summed E-state index contributed by atoms with van der Waals surface area (Å²) in [6.07, 6.45) is 1.89. The molecule has 0 bridgehead atoms. The maximum Gasteiger partial charge on any atom is 0.0978 e. The van der Waals surface area contributed by atoms with Crippen molar-refractivity contribution in [2.24, 2.45) is 0 Å². The Bertz CT molecular complexity index is 7560. The molecule has 17 aromatic carbocycles. The van der Waals surface area contributed by atoms with E-state index in [-0.39, 0.29) is 0 Å². The maximum absolute atomic E-state index is 5.63. The van der Waals surface area contributed by atoms with Gasteiger partial charge in [0.15, 0.2) is 0 Å². The van der Waals surface area contributed by atoms with Crippen LogP contribution in [0.3, 0.4) is 0 Å². The monoisotopic (exact) mass is 1470 g/mol. The summed E-state index contributed by atoms with van der Waals surface area (Å²) in [5.74, 6) is 0. The van der Waals surface area contributed by atoms with Crippen LogP contribution >= 0.6 is 0 Å². The van der Waals surface area contributed by atoms with Crippen molar-refractivity contribution in [3.63, 3.8) is 0 Å². The molecule has 0 saturated heterocycles. The number of hydrogen-bond acceptors (Lipinski definition) is 3. The van der Waals surface area contributed by atoms with E-state index in [9.17, 15) is 0 Å². The van der Waals surface area contributed by atoms with Crippen LogP contribution in [-0.2, 0) is 21.7 Å². The van der Waals surface area contributed by atoms with E-state index < -0.39 is 21.7 Å². The highest BCUT2D eigenvalue weighted by molar-refractivity contribution is 6.12. The average molecular weight is 1470 g/mol. The largest absolute Gasteiger partial charge is 0.254 e. The van der Waals surface area contributed by atoms with Crippen molar-refractivity contribution in [1.82, 2.24) is 15.0 Å². The standard InChI is InChI=1S/C113H67N3/c1-8-33-89-79(26-1)80-27-2-9-34-90(80)110(89)97-41-16-19-44-100(97)113(101-45-20-17-42-98(101)110)95-39-14-7-32-85(95)86-58-53-74(65-103(86)113)72-23-21-24-77(63-72)105-61-56-71-50-51-75-64-76(54-57-78(75)107(71)115-105)88-67-106(116-109-87(88)59-52-70-25-22-62-114-108(70)109)69-48-46-68(47-49-69)73-55-60-102-104(66-73)112(93-37-12-5-30-83(93)84-31-6-13-38-94(84)112)99-43-18-15-40-96(99)111(102)91-35-10-3-28-81(91)82-29-4-11-36-92(82)111/h1-67H. The van der Waals surface area contributed by atoms with Crippen LogP contribution in [0, 0.1) is 0 Å². The van der Waals surface area contributed by atoms with E-state index in [1.807, 2.05) is 12.3 Å². The number of nitrogens with zero attached hydrogens (tertiary/aromatic N) is 3.